The largest absolute Gasteiger partial charge is 0.497 e. The Balaban J connectivity index is 1.93. The molecule has 0 aliphatic carbocycles. The van der Waals surface area contributed by atoms with E-state index in [2.05, 4.69) is 5.32 Å². The summed E-state index contributed by atoms with van der Waals surface area (Å²) >= 11 is 5.86. The van der Waals surface area contributed by atoms with Crippen molar-refractivity contribution in [2.45, 2.75) is 6.10 Å². The first-order valence-electron chi connectivity index (χ1n) is 8.58. The summed E-state index contributed by atoms with van der Waals surface area (Å²) in [5.74, 6) is 0.0241. The van der Waals surface area contributed by atoms with E-state index in [-0.39, 0.29) is 16.5 Å². The van der Waals surface area contributed by atoms with Crippen molar-refractivity contribution in [1.29, 1.82) is 0 Å². The molecule has 0 bridgehead atoms. The van der Waals surface area contributed by atoms with Crippen LogP contribution in [0.25, 0.3) is 0 Å². The molecule has 0 aliphatic rings. The minimum Gasteiger partial charge on any atom is -0.497 e. The molecule has 0 unspecified atom stereocenters. The lowest BCUT2D eigenvalue weighted by Crippen LogP contribution is -2.26. The minimum atomic E-state index is -1.12. The molecule has 0 aliphatic heterocycles. The highest BCUT2D eigenvalue weighted by Gasteiger charge is 2.27. The van der Waals surface area contributed by atoms with E-state index in [4.69, 9.17) is 21.1 Å². The molecule has 0 aromatic heterocycles. The monoisotopic (exact) mass is 412 g/mol. The third-order valence-electron chi connectivity index (χ3n) is 4.04. The number of nitrogens with one attached hydrogen (secondary N) is 1. The first-order valence-corrected chi connectivity index (χ1v) is 8.96. The fourth-order valence-corrected chi connectivity index (χ4v) is 2.84. The molecule has 1 amide bonds. The second kappa shape index (κ2) is 9.07. The summed E-state index contributed by atoms with van der Waals surface area (Å²) in [5, 5.41) is 14.3. The molecule has 8 heteroatoms. The molecule has 0 spiro atoms. The number of halogens is 1. The van der Waals surface area contributed by atoms with Crippen LogP contribution in [0.2, 0.25) is 5.02 Å². The maximum absolute atomic E-state index is 13.0. The van der Waals surface area contributed by atoms with E-state index in [0.29, 0.717) is 17.0 Å². The fourth-order valence-electron chi connectivity index (χ4n) is 2.67. The predicted molar refractivity (Wildman–Crippen MR) is 110 cm³/mol. The second-order valence-corrected chi connectivity index (χ2v) is 6.44. The Kier molecular flexibility index (Phi) is 6.31. The average molecular weight is 413 g/mol. The third-order valence-corrected chi connectivity index (χ3v) is 4.28. The predicted octanol–water partition coefficient (Wildman–Crippen LogP) is 5.02. The molecule has 0 saturated heterocycles. The summed E-state index contributed by atoms with van der Waals surface area (Å²) in [5.41, 5.74) is 0.717. The van der Waals surface area contributed by atoms with Crippen molar-refractivity contribution >= 4 is 28.9 Å². The normalized spacial score (nSPS) is 11.4. The third kappa shape index (κ3) is 5.03. The maximum Gasteiger partial charge on any atom is 0.312 e. The topological polar surface area (TPSA) is 90.7 Å². The summed E-state index contributed by atoms with van der Waals surface area (Å²) in [6.45, 7) is 0. The molecule has 1 atom stereocenters. The van der Waals surface area contributed by atoms with E-state index in [1.165, 1.54) is 25.3 Å². The van der Waals surface area contributed by atoms with E-state index in [0.717, 1.165) is 0 Å². The molecule has 0 saturated carbocycles. The van der Waals surface area contributed by atoms with Gasteiger partial charge in [0.1, 0.15) is 5.75 Å². The summed E-state index contributed by atoms with van der Waals surface area (Å²) in [7, 11) is 1.52. The van der Waals surface area contributed by atoms with E-state index in [1.54, 1.807) is 54.6 Å². The number of carbonyl (C=O) groups excluding carboxylic acids is 1. The number of nitrogens with zero attached hydrogens (tertiary/aromatic N) is 1. The number of nitro groups is 1. The summed E-state index contributed by atoms with van der Waals surface area (Å²) in [6.07, 6.45) is -1.12. The lowest BCUT2D eigenvalue weighted by Gasteiger charge is -2.19. The first-order chi connectivity index (χ1) is 14.0. The van der Waals surface area contributed by atoms with Gasteiger partial charge in [-0.15, -0.1) is 0 Å². The SMILES string of the molecule is COc1cccc(NC(=O)[C@H](Oc2ccc(Cl)cc2[N+](=O)[O-])c2ccccc2)c1. The van der Waals surface area contributed by atoms with Gasteiger partial charge in [0.15, 0.2) is 5.75 Å². The van der Waals surface area contributed by atoms with E-state index in [1.807, 2.05) is 0 Å². The highest BCUT2D eigenvalue weighted by Crippen LogP contribution is 2.34. The summed E-state index contributed by atoms with van der Waals surface area (Å²) < 4.78 is 11.0. The lowest BCUT2D eigenvalue weighted by atomic mass is 10.1. The Labute approximate surface area is 172 Å². The Morgan fingerprint density at radius 3 is 2.52 bits per heavy atom. The van der Waals surface area contributed by atoms with Crippen molar-refractivity contribution in [1.82, 2.24) is 0 Å². The average Bonchev–Trinajstić information content (AvgIpc) is 2.73. The summed E-state index contributed by atoms with van der Waals surface area (Å²) in [4.78, 5) is 23.8. The fraction of sp³-hybridized carbons (Fsp3) is 0.0952. The molecule has 3 aromatic carbocycles. The Morgan fingerprint density at radius 1 is 1.07 bits per heavy atom. The van der Waals surface area contributed by atoms with Crippen molar-refractivity contribution in [2.75, 3.05) is 12.4 Å². The van der Waals surface area contributed by atoms with Gasteiger partial charge in [0.25, 0.3) is 5.91 Å². The van der Waals surface area contributed by atoms with Crippen LogP contribution in [-0.4, -0.2) is 17.9 Å². The van der Waals surface area contributed by atoms with Crippen molar-refractivity contribution in [3.05, 3.63) is 93.5 Å². The number of amides is 1. The van der Waals surface area contributed by atoms with Crippen LogP contribution in [0.15, 0.2) is 72.8 Å². The van der Waals surface area contributed by atoms with Crippen LogP contribution in [0.3, 0.4) is 0 Å². The van der Waals surface area contributed by atoms with Crippen molar-refractivity contribution < 1.29 is 19.2 Å². The van der Waals surface area contributed by atoms with Crippen LogP contribution < -0.4 is 14.8 Å². The number of methoxy groups -OCH3 is 1. The number of hydrogen-bond acceptors (Lipinski definition) is 5. The van der Waals surface area contributed by atoms with Gasteiger partial charge < -0.3 is 14.8 Å². The molecule has 3 rings (SSSR count). The first kappa shape index (κ1) is 20.2. The van der Waals surface area contributed by atoms with Crippen LogP contribution in [0, 0.1) is 10.1 Å². The van der Waals surface area contributed by atoms with Gasteiger partial charge in [0.05, 0.1) is 12.0 Å². The van der Waals surface area contributed by atoms with Crippen LogP contribution in [0.5, 0.6) is 11.5 Å². The molecule has 1 N–H and O–H groups in total. The number of ether oxygens (including phenoxy) is 2. The van der Waals surface area contributed by atoms with Crippen LogP contribution in [0.1, 0.15) is 11.7 Å². The van der Waals surface area contributed by atoms with Gasteiger partial charge in [0.2, 0.25) is 6.10 Å². The number of benzene rings is 3. The van der Waals surface area contributed by atoms with Gasteiger partial charge in [-0.3, -0.25) is 14.9 Å². The van der Waals surface area contributed by atoms with E-state index < -0.39 is 16.9 Å². The molecular weight excluding hydrogens is 396 g/mol. The lowest BCUT2D eigenvalue weighted by molar-refractivity contribution is -0.386. The molecule has 29 heavy (non-hydrogen) atoms. The number of anilines is 1. The molecule has 0 fully saturated rings. The minimum absolute atomic E-state index is 0.0611. The van der Waals surface area contributed by atoms with E-state index in [9.17, 15) is 14.9 Å². The van der Waals surface area contributed by atoms with Crippen LogP contribution >= 0.6 is 11.6 Å². The second-order valence-electron chi connectivity index (χ2n) is 6.00. The Hall–Kier alpha value is -3.58. The van der Waals surface area contributed by atoms with Crippen molar-refractivity contribution in [2.24, 2.45) is 0 Å². The van der Waals surface area contributed by atoms with Crippen LogP contribution in [-0.2, 0) is 4.79 Å². The Morgan fingerprint density at radius 2 is 1.83 bits per heavy atom. The van der Waals surface area contributed by atoms with Crippen molar-refractivity contribution in [3.63, 3.8) is 0 Å². The van der Waals surface area contributed by atoms with Gasteiger partial charge in [-0.25, -0.2) is 0 Å². The summed E-state index contributed by atoms with van der Waals surface area (Å²) in [6, 6.07) is 19.6. The maximum atomic E-state index is 13.0. The molecular formula is C21H17ClN2O5. The number of carbonyl (C=O) groups is 1. The highest BCUT2D eigenvalue weighted by atomic mass is 35.5. The van der Waals surface area contributed by atoms with Gasteiger partial charge in [-0.05, 0) is 24.3 Å². The zero-order valence-electron chi connectivity index (χ0n) is 15.4. The van der Waals surface area contributed by atoms with Gasteiger partial charge in [-0.1, -0.05) is 48.0 Å². The molecule has 0 heterocycles. The van der Waals surface area contributed by atoms with Gasteiger partial charge >= 0.3 is 5.69 Å². The van der Waals surface area contributed by atoms with Crippen molar-refractivity contribution in [3.8, 4) is 11.5 Å². The van der Waals surface area contributed by atoms with E-state index >= 15 is 0 Å². The smallest absolute Gasteiger partial charge is 0.312 e. The highest BCUT2D eigenvalue weighted by molar-refractivity contribution is 6.30. The molecule has 3 aromatic rings. The number of rotatable bonds is 7. The molecule has 7 nitrogen and oxygen atoms in total. The van der Waals surface area contributed by atoms with Gasteiger partial charge in [-0.2, -0.15) is 0 Å². The number of hydrogen-bond donors (Lipinski definition) is 1. The molecule has 148 valence electrons. The quantitative estimate of drug-likeness (QED) is 0.434. The number of nitro benzene ring substituents is 1. The zero-order valence-corrected chi connectivity index (χ0v) is 16.1. The standard InChI is InChI=1S/C21H17ClN2O5/c1-28-17-9-5-8-16(13-17)23-21(25)20(14-6-3-2-4-7-14)29-19-11-10-15(22)12-18(19)24(26)27/h2-13,20H,1H3,(H,23,25)/t20-/m1/s1. The molecule has 0 radical (unpaired) electrons. The Bertz CT molecular complexity index is 1030. The van der Waals surface area contributed by atoms with Crippen LogP contribution in [0.4, 0.5) is 11.4 Å². The van der Waals surface area contributed by atoms with Gasteiger partial charge in [0, 0.05) is 28.4 Å². The zero-order chi connectivity index (χ0) is 20.8.